The molecule has 0 unspecified atom stereocenters. The van der Waals surface area contributed by atoms with E-state index in [4.69, 9.17) is 0 Å². The Morgan fingerprint density at radius 1 is 1.09 bits per heavy atom. The summed E-state index contributed by atoms with van der Waals surface area (Å²) in [7, 11) is 4.28. The van der Waals surface area contributed by atoms with Crippen molar-refractivity contribution >= 4 is 28.8 Å². The highest BCUT2D eigenvalue weighted by atomic mass is 19.1. The Morgan fingerprint density at radius 3 is 2.44 bits per heavy atom. The molecule has 1 aromatic carbocycles. The van der Waals surface area contributed by atoms with E-state index in [2.05, 4.69) is 56.6 Å². The highest BCUT2D eigenvalue weighted by Crippen LogP contribution is 2.25. The van der Waals surface area contributed by atoms with Gasteiger partial charge in [0.25, 0.3) is 5.56 Å². The SMILES string of the molecule is CC(C)n1cccc(Nc2nc(Nc3ccc(N4CCC(N(C)C)CC4)cc3)ncc2F)c1=O. The van der Waals surface area contributed by atoms with E-state index in [1.807, 2.05) is 26.0 Å². The molecule has 0 spiro atoms. The minimum absolute atomic E-state index is 0.0101. The van der Waals surface area contributed by atoms with Crippen molar-refractivity contribution in [3.63, 3.8) is 0 Å². The molecule has 9 heteroatoms. The highest BCUT2D eigenvalue weighted by Gasteiger charge is 2.20. The lowest BCUT2D eigenvalue weighted by Gasteiger charge is -2.36. The maximum atomic E-state index is 14.4. The van der Waals surface area contributed by atoms with Crippen molar-refractivity contribution in [2.75, 3.05) is 42.7 Å². The average Bonchev–Trinajstić information content (AvgIpc) is 2.83. The van der Waals surface area contributed by atoms with Gasteiger partial charge in [0.15, 0.2) is 11.6 Å². The summed E-state index contributed by atoms with van der Waals surface area (Å²) in [6.45, 7) is 5.89. The van der Waals surface area contributed by atoms with Gasteiger partial charge in [-0.2, -0.15) is 4.98 Å². The maximum Gasteiger partial charge on any atom is 0.274 e. The smallest absolute Gasteiger partial charge is 0.274 e. The second-order valence-electron chi connectivity index (χ2n) is 9.10. The van der Waals surface area contributed by atoms with Crippen LogP contribution in [0.3, 0.4) is 0 Å². The number of nitrogens with zero attached hydrogens (tertiary/aromatic N) is 5. The van der Waals surface area contributed by atoms with Crippen molar-refractivity contribution in [3.05, 3.63) is 65.0 Å². The minimum Gasteiger partial charge on any atom is -0.371 e. The summed E-state index contributed by atoms with van der Waals surface area (Å²) in [5.41, 5.74) is 1.99. The number of pyridine rings is 1. The Balaban J connectivity index is 1.45. The van der Waals surface area contributed by atoms with Crippen molar-refractivity contribution in [1.82, 2.24) is 19.4 Å². The zero-order valence-electron chi connectivity index (χ0n) is 20.1. The van der Waals surface area contributed by atoms with E-state index in [9.17, 15) is 9.18 Å². The quantitative estimate of drug-likeness (QED) is 0.536. The first-order chi connectivity index (χ1) is 16.3. The first-order valence-corrected chi connectivity index (χ1v) is 11.6. The van der Waals surface area contributed by atoms with Gasteiger partial charge in [-0.05, 0) is 77.2 Å². The van der Waals surface area contributed by atoms with Gasteiger partial charge in [-0.25, -0.2) is 9.37 Å². The fourth-order valence-electron chi connectivity index (χ4n) is 4.18. The van der Waals surface area contributed by atoms with Crippen molar-refractivity contribution in [3.8, 4) is 0 Å². The average molecular weight is 466 g/mol. The molecule has 0 radical (unpaired) electrons. The molecule has 2 N–H and O–H groups in total. The van der Waals surface area contributed by atoms with Gasteiger partial charge >= 0.3 is 0 Å². The Bertz CT molecular complexity index is 1170. The fraction of sp³-hybridized carbons (Fsp3) is 0.400. The van der Waals surface area contributed by atoms with Gasteiger partial charge in [0.2, 0.25) is 5.95 Å². The lowest BCUT2D eigenvalue weighted by atomic mass is 10.0. The summed E-state index contributed by atoms with van der Waals surface area (Å²) in [5, 5.41) is 5.93. The monoisotopic (exact) mass is 465 g/mol. The molecule has 3 aromatic rings. The molecule has 0 aliphatic carbocycles. The third kappa shape index (κ3) is 5.36. The number of piperidine rings is 1. The van der Waals surface area contributed by atoms with Crippen LogP contribution in [-0.4, -0.2) is 52.7 Å². The van der Waals surface area contributed by atoms with Gasteiger partial charge in [0.1, 0.15) is 5.69 Å². The zero-order chi connectivity index (χ0) is 24.2. The van der Waals surface area contributed by atoms with Gasteiger partial charge in [-0.15, -0.1) is 0 Å². The largest absolute Gasteiger partial charge is 0.371 e. The van der Waals surface area contributed by atoms with E-state index in [0.717, 1.165) is 37.8 Å². The summed E-state index contributed by atoms with van der Waals surface area (Å²) in [5.74, 6) is -0.457. The van der Waals surface area contributed by atoms with Crippen LogP contribution in [0.5, 0.6) is 0 Å². The summed E-state index contributed by atoms with van der Waals surface area (Å²) in [6, 6.07) is 12.0. The number of aromatic nitrogens is 3. The lowest BCUT2D eigenvalue weighted by Crippen LogP contribution is -2.41. The van der Waals surface area contributed by atoms with E-state index in [1.54, 1.807) is 22.9 Å². The van der Waals surface area contributed by atoms with E-state index in [1.165, 1.54) is 5.69 Å². The van der Waals surface area contributed by atoms with Crippen LogP contribution in [-0.2, 0) is 0 Å². The standard InChI is InChI=1S/C25H32FN7O/c1-17(2)33-13-5-6-22(24(33)34)29-23-21(26)16-27-25(30-23)28-18-7-9-20(10-8-18)32-14-11-19(12-15-32)31(3)4/h5-10,13,16-17,19H,11-12,14-15H2,1-4H3,(H2,27,28,29,30). The number of benzene rings is 1. The molecule has 1 aliphatic rings. The van der Waals surface area contributed by atoms with Crippen LogP contribution in [0.4, 0.5) is 33.2 Å². The fourth-order valence-corrected chi connectivity index (χ4v) is 4.18. The third-order valence-electron chi connectivity index (χ3n) is 6.21. The zero-order valence-corrected chi connectivity index (χ0v) is 20.1. The number of rotatable bonds is 7. The Kier molecular flexibility index (Phi) is 7.12. The molecular formula is C25H32FN7O. The number of hydrogen-bond donors (Lipinski definition) is 2. The Morgan fingerprint density at radius 2 is 1.79 bits per heavy atom. The Hall–Kier alpha value is -3.46. The van der Waals surface area contributed by atoms with Crippen molar-refractivity contribution in [2.45, 2.75) is 38.8 Å². The maximum absolute atomic E-state index is 14.4. The molecule has 0 bridgehead atoms. The number of nitrogens with one attached hydrogen (secondary N) is 2. The summed E-state index contributed by atoms with van der Waals surface area (Å²) >= 11 is 0. The summed E-state index contributed by atoms with van der Waals surface area (Å²) in [6.07, 6.45) is 5.09. The van der Waals surface area contributed by atoms with Crippen LogP contribution in [0.2, 0.25) is 0 Å². The first kappa shape index (κ1) is 23.7. The second kappa shape index (κ2) is 10.2. The summed E-state index contributed by atoms with van der Waals surface area (Å²) < 4.78 is 16.0. The molecular weight excluding hydrogens is 433 g/mol. The van der Waals surface area contributed by atoms with E-state index < -0.39 is 5.82 Å². The van der Waals surface area contributed by atoms with Crippen LogP contribution >= 0.6 is 0 Å². The highest BCUT2D eigenvalue weighted by molar-refractivity contribution is 5.62. The molecule has 4 rings (SSSR count). The topological polar surface area (TPSA) is 78.3 Å². The molecule has 180 valence electrons. The molecule has 1 fully saturated rings. The van der Waals surface area contributed by atoms with Crippen LogP contribution in [0, 0.1) is 5.82 Å². The predicted molar refractivity (Wildman–Crippen MR) is 135 cm³/mol. The van der Waals surface area contributed by atoms with Gasteiger partial charge in [0, 0.05) is 42.7 Å². The summed E-state index contributed by atoms with van der Waals surface area (Å²) in [4.78, 5) is 25.6. The van der Waals surface area contributed by atoms with Crippen LogP contribution in [0.1, 0.15) is 32.7 Å². The van der Waals surface area contributed by atoms with Gasteiger partial charge in [-0.3, -0.25) is 4.79 Å². The van der Waals surface area contributed by atoms with E-state index >= 15 is 0 Å². The minimum atomic E-state index is -0.638. The molecule has 2 aromatic heterocycles. The van der Waals surface area contributed by atoms with Crippen LogP contribution in [0.15, 0.2) is 53.6 Å². The van der Waals surface area contributed by atoms with Gasteiger partial charge < -0.3 is 25.0 Å². The molecule has 8 nitrogen and oxygen atoms in total. The molecule has 1 aliphatic heterocycles. The van der Waals surface area contributed by atoms with Crippen LogP contribution < -0.4 is 21.1 Å². The molecule has 0 saturated carbocycles. The molecule has 0 amide bonds. The normalized spacial score (nSPS) is 14.6. The van der Waals surface area contributed by atoms with E-state index in [-0.39, 0.29) is 29.1 Å². The molecule has 0 atom stereocenters. The molecule has 34 heavy (non-hydrogen) atoms. The lowest BCUT2D eigenvalue weighted by molar-refractivity contribution is 0.249. The van der Waals surface area contributed by atoms with Gasteiger partial charge in [-0.1, -0.05) is 0 Å². The second-order valence-corrected chi connectivity index (χ2v) is 9.10. The first-order valence-electron chi connectivity index (χ1n) is 11.6. The third-order valence-corrected chi connectivity index (χ3v) is 6.21. The van der Waals surface area contributed by atoms with Crippen molar-refractivity contribution < 1.29 is 4.39 Å². The Labute approximate surface area is 199 Å². The van der Waals surface area contributed by atoms with Crippen molar-refractivity contribution in [2.24, 2.45) is 0 Å². The number of hydrogen-bond acceptors (Lipinski definition) is 7. The van der Waals surface area contributed by atoms with Crippen molar-refractivity contribution in [1.29, 1.82) is 0 Å². The number of halogens is 1. The predicted octanol–water partition coefficient (Wildman–Crippen LogP) is 4.38. The number of anilines is 5. The van der Waals surface area contributed by atoms with Crippen LogP contribution in [0.25, 0.3) is 0 Å². The van der Waals surface area contributed by atoms with Gasteiger partial charge in [0.05, 0.1) is 6.20 Å². The molecule has 1 saturated heterocycles. The van der Waals surface area contributed by atoms with E-state index in [0.29, 0.717) is 6.04 Å². The molecule has 3 heterocycles.